The number of halogens is 1. The maximum atomic E-state index is 13.1. The van der Waals surface area contributed by atoms with E-state index < -0.39 is 10.0 Å². The van der Waals surface area contributed by atoms with Gasteiger partial charge in [-0.05, 0) is 66.9 Å². The zero-order chi connectivity index (χ0) is 15.7. The Hall–Kier alpha value is -0.630. The summed E-state index contributed by atoms with van der Waals surface area (Å²) in [5.41, 5.74) is 0. The minimum atomic E-state index is -3.47. The molecule has 2 atom stereocenters. The third-order valence-electron chi connectivity index (χ3n) is 4.37. The van der Waals surface area contributed by atoms with E-state index in [0.717, 1.165) is 32.4 Å². The zero-order valence-corrected chi connectivity index (χ0v) is 15.0. The van der Waals surface area contributed by atoms with Gasteiger partial charge in [-0.15, -0.1) is 0 Å². The highest BCUT2D eigenvalue weighted by atomic mass is 79.9. The van der Waals surface area contributed by atoms with Crippen LogP contribution in [0.3, 0.4) is 0 Å². The number of hydrogen-bond acceptors (Lipinski definition) is 4. The van der Waals surface area contributed by atoms with Gasteiger partial charge in [0.1, 0.15) is 5.75 Å². The number of hydrogen-bond donors (Lipinski definition) is 1. The molecule has 0 aromatic heterocycles. The van der Waals surface area contributed by atoms with Crippen molar-refractivity contribution in [2.75, 3.05) is 19.7 Å². The number of benzene rings is 1. The van der Waals surface area contributed by atoms with Crippen LogP contribution in [-0.2, 0) is 10.0 Å². The monoisotopic (exact) mass is 388 g/mol. The number of sulfonamides is 1. The summed E-state index contributed by atoms with van der Waals surface area (Å²) in [4.78, 5) is 0.335. The van der Waals surface area contributed by atoms with Crippen LogP contribution in [0.1, 0.15) is 26.2 Å². The van der Waals surface area contributed by atoms with Crippen LogP contribution in [-0.4, -0.2) is 44.5 Å². The highest BCUT2D eigenvalue weighted by molar-refractivity contribution is 9.10. The maximum absolute atomic E-state index is 13.1. The van der Waals surface area contributed by atoms with Gasteiger partial charge in [0.15, 0.2) is 0 Å². The highest BCUT2D eigenvalue weighted by Gasteiger charge is 2.43. The van der Waals surface area contributed by atoms with Gasteiger partial charge in [-0.3, -0.25) is 0 Å². The van der Waals surface area contributed by atoms with Crippen LogP contribution >= 0.6 is 15.9 Å². The maximum Gasteiger partial charge on any atom is 0.243 e. The lowest BCUT2D eigenvalue weighted by atomic mass is 10.1. The topological polar surface area (TPSA) is 58.6 Å². The standard InChI is InChI=1S/C15H21BrN2O3S/c1-2-21-15-6-5-13(9-14(15)16)22(19,20)18-11-3-4-12(18)10-17-8-7-11/h5-6,9,11-12,17H,2-4,7-8,10H2,1H3. The summed E-state index contributed by atoms with van der Waals surface area (Å²) in [6, 6.07) is 5.21. The van der Waals surface area contributed by atoms with E-state index >= 15 is 0 Å². The van der Waals surface area contributed by atoms with Gasteiger partial charge >= 0.3 is 0 Å². The fraction of sp³-hybridized carbons (Fsp3) is 0.600. The molecule has 22 heavy (non-hydrogen) atoms. The van der Waals surface area contributed by atoms with Crippen molar-refractivity contribution in [3.05, 3.63) is 22.7 Å². The van der Waals surface area contributed by atoms with E-state index in [-0.39, 0.29) is 12.1 Å². The van der Waals surface area contributed by atoms with Crippen molar-refractivity contribution < 1.29 is 13.2 Å². The summed E-state index contributed by atoms with van der Waals surface area (Å²) in [6.07, 6.45) is 2.78. The second kappa shape index (κ2) is 6.47. The van der Waals surface area contributed by atoms with E-state index in [2.05, 4.69) is 21.2 Å². The van der Waals surface area contributed by atoms with E-state index in [0.29, 0.717) is 21.7 Å². The fourth-order valence-electron chi connectivity index (χ4n) is 3.37. The van der Waals surface area contributed by atoms with Gasteiger partial charge in [0.25, 0.3) is 0 Å². The molecule has 1 aromatic rings. The number of rotatable bonds is 4. The van der Waals surface area contributed by atoms with Crippen molar-refractivity contribution >= 4 is 26.0 Å². The van der Waals surface area contributed by atoms with E-state index in [9.17, 15) is 8.42 Å². The smallest absolute Gasteiger partial charge is 0.243 e. The predicted molar refractivity (Wildman–Crippen MR) is 88.6 cm³/mol. The molecule has 7 heteroatoms. The van der Waals surface area contributed by atoms with Crippen LogP contribution in [0.15, 0.2) is 27.6 Å². The minimum Gasteiger partial charge on any atom is -0.493 e. The summed E-state index contributed by atoms with van der Waals surface area (Å²) in [7, 11) is -3.47. The summed E-state index contributed by atoms with van der Waals surface area (Å²) in [5.74, 6) is 0.668. The molecule has 0 radical (unpaired) electrons. The second-order valence-electron chi connectivity index (χ2n) is 5.74. The molecule has 0 saturated carbocycles. The largest absolute Gasteiger partial charge is 0.493 e. The van der Waals surface area contributed by atoms with Crippen LogP contribution in [0.25, 0.3) is 0 Å². The van der Waals surface area contributed by atoms with Crippen molar-refractivity contribution in [1.82, 2.24) is 9.62 Å². The average molecular weight is 389 g/mol. The van der Waals surface area contributed by atoms with E-state index in [4.69, 9.17) is 4.74 Å². The number of ether oxygens (including phenoxy) is 1. The summed E-state index contributed by atoms with van der Waals surface area (Å²) in [6.45, 7) is 4.08. The Morgan fingerprint density at radius 1 is 1.32 bits per heavy atom. The minimum absolute atomic E-state index is 0.0721. The van der Waals surface area contributed by atoms with Crippen LogP contribution < -0.4 is 10.1 Å². The van der Waals surface area contributed by atoms with Crippen molar-refractivity contribution in [3.8, 4) is 5.75 Å². The van der Waals surface area contributed by atoms with Crippen molar-refractivity contribution in [2.45, 2.75) is 43.2 Å². The molecule has 2 bridgehead atoms. The Bertz CT molecular complexity index is 636. The van der Waals surface area contributed by atoms with Crippen molar-refractivity contribution in [1.29, 1.82) is 0 Å². The molecular weight excluding hydrogens is 368 g/mol. The molecule has 5 nitrogen and oxygen atoms in total. The Balaban J connectivity index is 1.94. The molecule has 1 aromatic carbocycles. The molecule has 0 aliphatic carbocycles. The molecule has 0 spiro atoms. The van der Waals surface area contributed by atoms with Crippen molar-refractivity contribution in [3.63, 3.8) is 0 Å². The molecular formula is C15H21BrN2O3S. The third-order valence-corrected chi connectivity index (χ3v) is 6.99. The van der Waals surface area contributed by atoms with Gasteiger partial charge < -0.3 is 10.1 Å². The molecule has 0 amide bonds. The van der Waals surface area contributed by atoms with Crippen LogP contribution in [0.2, 0.25) is 0 Å². The van der Waals surface area contributed by atoms with Crippen LogP contribution in [0.4, 0.5) is 0 Å². The molecule has 2 heterocycles. The zero-order valence-electron chi connectivity index (χ0n) is 12.6. The molecule has 3 rings (SSSR count). The number of nitrogens with one attached hydrogen (secondary N) is 1. The van der Waals surface area contributed by atoms with Crippen LogP contribution in [0, 0.1) is 0 Å². The Morgan fingerprint density at radius 2 is 2.09 bits per heavy atom. The molecule has 2 unspecified atom stereocenters. The predicted octanol–water partition coefficient (Wildman–Crippen LogP) is 2.36. The molecule has 122 valence electrons. The number of fused-ring (bicyclic) bond motifs is 2. The Kier molecular flexibility index (Phi) is 4.77. The Morgan fingerprint density at radius 3 is 2.82 bits per heavy atom. The summed E-state index contributed by atoms with van der Waals surface area (Å²) < 4.78 is 34.0. The normalized spacial score (nSPS) is 25.9. The first-order chi connectivity index (χ1) is 10.5. The fourth-order valence-corrected chi connectivity index (χ4v) is 5.94. The van der Waals surface area contributed by atoms with Gasteiger partial charge in [0, 0.05) is 18.6 Å². The average Bonchev–Trinajstić information content (AvgIpc) is 2.75. The lowest BCUT2D eigenvalue weighted by Crippen LogP contribution is -2.42. The summed E-state index contributed by atoms with van der Waals surface area (Å²) in [5, 5.41) is 3.33. The third kappa shape index (κ3) is 2.91. The van der Waals surface area contributed by atoms with Crippen LogP contribution in [0.5, 0.6) is 5.75 Å². The van der Waals surface area contributed by atoms with Gasteiger partial charge in [-0.1, -0.05) is 0 Å². The van der Waals surface area contributed by atoms with E-state index in [1.54, 1.807) is 22.5 Å². The first-order valence-electron chi connectivity index (χ1n) is 7.70. The van der Waals surface area contributed by atoms with Gasteiger partial charge in [-0.2, -0.15) is 4.31 Å². The van der Waals surface area contributed by atoms with Gasteiger partial charge in [0.05, 0.1) is 16.0 Å². The van der Waals surface area contributed by atoms with Gasteiger partial charge in [0.2, 0.25) is 10.0 Å². The van der Waals surface area contributed by atoms with E-state index in [1.165, 1.54) is 0 Å². The van der Waals surface area contributed by atoms with Gasteiger partial charge in [-0.25, -0.2) is 8.42 Å². The number of nitrogens with zero attached hydrogens (tertiary/aromatic N) is 1. The first-order valence-corrected chi connectivity index (χ1v) is 9.94. The molecule has 2 aliphatic rings. The second-order valence-corrected chi connectivity index (χ2v) is 8.44. The quantitative estimate of drug-likeness (QED) is 0.859. The molecule has 2 aliphatic heterocycles. The highest BCUT2D eigenvalue weighted by Crippen LogP contribution is 2.36. The SMILES string of the molecule is CCOc1ccc(S(=O)(=O)N2C3CCNCC2CC3)cc1Br. The lowest BCUT2D eigenvalue weighted by molar-refractivity contribution is 0.333. The summed E-state index contributed by atoms with van der Waals surface area (Å²) >= 11 is 3.41. The first kappa shape index (κ1) is 16.2. The molecule has 2 fully saturated rings. The Labute approximate surface area is 140 Å². The van der Waals surface area contributed by atoms with Crippen molar-refractivity contribution in [2.24, 2.45) is 0 Å². The molecule has 1 N–H and O–H groups in total. The molecule has 2 saturated heterocycles. The van der Waals surface area contributed by atoms with E-state index in [1.807, 2.05) is 6.92 Å². The lowest BCUT2D eigenvalue weighted by Gasteiger charge is -2.27.